The lowest BCUT2D eigenvalue weighted by atomic mass is 10.2. The number of benzene rings is 2. The van der Waals surface area contributed by atoms with Crippen LogP contribution < -0.4 is 14.8 Å². The number of nitrogens with zero attached hydrogens (tertiary/aromatic N) is 2. The maximum absolute atomic E-state index is 12.4. The summed E-state index contributed by atoms with van der Waals surface area (Å²) in [6, 6.07) is 12.8. The fourth-order valence-electron chi connectivity index (χ4n) is 2.17. The molecule has 3 aromatic rings. The van der Waals surface area contributed by atoms with Crippen LogP contribution in [0.15, 0.2) is 42.5 Å². The first-order valence-electron chi connectivity index (χ1n) is 7.24. The smallest absolute Gasteiger partial charge is 0.258 e. The first-order valence-corrected chi connectivity index (χ1v) is 9.13. The number of amides is 1. The zero-order valence-electron chi connectivity index (χ0n) is 13.4. The van der Waals surface area contributed by atoms with Crippen molar-refractivity contribution in [2.75, 3.05) is 19.5 Å². The Labute approximate surface area is 162 Å². The number of hydrogen-bond donors (Lipinski definition) is 1. The number of carbonyl (C=O) groups excluding carboxylic acids is 1. The number of rotatable bonds is 5. The molecule has 0 aliphatic carbocycles. The third-order valence-electron chi connectivity index (χ3n) is 3.40. The molecular formula is C17H14IN3O3S. The Morgan fingerprint density at radius 1 is 1.12 bits per heavy atom. The largest absolute Gasteiger partial charge is 0.497 e. The molecule has 0 fully saturated rings. The van der Waals surface area contributed by atoms with Crippen LogP contribution in [0.4, 0.5) is 5.13 Å². The number of hydrogen-bond acceptors (Lipinski definition) is 6. The highest BCUT2D eigenvalue weighted by Gasteiger charge is 2.16. The molecule has 0 atom stereocenters. The number of methoxy groups -OCH3 is 2. The summed E-state index contributed by atoms with van der Waals surface area (Å²) in [5, 5.41) is 12.1. The van der Waals surface area contributed by atoms with E-state index < -0.39 is 0 Å². The molecule has 0 bridgehead atoms. The second-order valence-corrected chi connectivity index (χ2v) is 7.05. The molecule has 0 aliphatic heterocycles. The van der Waals surface area contributed by atoms with Crippen molar-refractivity contribution in [1.29, 1.82) is 0 Å². The fraction of sp³-hybridized carbons (Fsp3) is 0.118. The molecule has 1 amide bonds. The Balaban J connectivity index is 1.84. The average Bonchev–Trinajstić information content (AvgIpc) is 3.09. The number of aromatic nitrogens is 2. The predicted molar refractivity (Wildman–Crippen MR) is 106 cm³/mol. The van der Waals surface area contributed by atoms with Gasteiger partial charge >= 0.3 is 0 Å². The zero-order valence-corrected chi connectivity index (χ0v) is 16.4. The second kappa shape index (κ2) is 7.79. The van der Waals surface area contributed by atoms with Gasteiger partial charge in [-0.3, -0.25) is 10.1 Å². The normalized spacial score (nSPS) is 10.4. The van der Waals surface area contributed by atoms with E-state index in [4.69, 9.17) is 9.47 Å². The van der Waals surface area contributed by atoms with Crippen LogP contribution in [0.3, 0.4) is 0 Å². The molecule has 0 saturated heterocycles. The van der Waals surface area contributed by atoms with Gasteiger partial charge in [0, 0.05) is 9.64 Å². The van der Waals surface area contributed by atoms with Gasteiger partial charge in [-0.25, -0.2) is 0 Å². The molecule has 1 aromatic heterocycles. The molecule has 2 aromatic carbocycles. The summed E-state index contributed by atoms with van der Waals surface area (Å²) in [6.45, 7) is 0. The lowest BCUT2D eigenvalue weighted by Gasteiger charge is -2.07. The molecule has 8 heteroatoms. The van der Waals surface area contributed by atoms with Crippen LogP contribution in [0.2, 0.25) is 0 Å². The van der Waals surface area contributed by atoms with Crippen molar-refractivity contribution in [3.05, 3.63) is 51.6 Å². The summed E-state index contributed by atoms with van der Waals surface area (Å²) in [4.78, 5) is 12.4. The minimum absolute atomic E-state index is 0.214. The predicted octanol–water partition coefficient (Wildman–Crippen LogP) is 4.08. The number of halogens is 1. The molecule has 1 heterocycles. The summed E-state index contributed by atoms with van der Waals surface area (Å²) in [5.41, 5.74) is 1.39. The molecule has 6 nitrogen and oxygen atoms in total. The van der Waals surface area contributed by atoms with Gasteiger partial charge in [0.2, 0.25) is 5.13 Å². The van der Waals surface area contributed by atoms with E-state index in [9.17, 15) is 4.79 Å². The number of carbonyl (C=O) groups is 1. The number of ether oxygens (including phenoxy) is 2. The standard InChI is InChI=1S/C17H14IN3O3S/c1-23-10-7-8-12(14(9-10)24-2)16-20-21-17(25-16)19-15(22)11-5-3-4-6-13(11)18/h3-9H,1-2H3,(H,19,21,22). The molecule has 1 N–H and O–H groups in total. The molecule has 0 unspecified atom stereocenters. The van der Waals surface area contributed by atoms with Crippen LogP contribution in [0.25, 0.3) is 10.6 Å². The number of nitrogens with one attached hydrogen (secondary N) is 1. The minimum Gasteiger partial charge on any atom is -0.497 e. The highest BCUT2D eigenvalue weighted by atomic mass is 127. The van der Waals surface area contributed by atoms with Crippen molar-refractivity contribution in [2.24, 2.45) is 0 Å². The third kappa shape index (κ3) is 3.90. The Morgan fingerprint density at radius 2 is 1.92 bits per heavy atom. The van der Waals surface area contributed by atoms with E-state index in [0.717, 1.165) is 9.13 Å². The minimum atomic E-state index is -0.214. The van der Waals surface area contributed by atoms with Gasteiger partial charge in [0.15, 0.2) is 5.01 Å². The molecule has 128 valence electrons. The van der Waals surface area contributed by atoms with Gasteiger partial charge in [-0.15, -0.1) is 10.2 Å². The number of anilines is 1. The average molecular weight is 467 g/mol. The van der Waals surface area contributed by atoms with Gasteiger partial charge in [0.05, 0.1) is 25.3 Å². The first-order chi connectivity index (χ1) is 12.1. The van der Waals surface area contributed by atoms with Crippen molar-refractivity contribution < 1.29 is 14.3 Å². The topological polar surface area (TPSA) is 73.3 Å². The van der Waals surface area contributed by atoms with Gasteiger partial charge < -0.3 is 9.47 Å². The molecule has 0 saturated carbocycles. The molecule has 0 aliphatic rings. The van der Waals surface area contributed by atoms with E-state index in [0.29, 0.717) is 27.2 Å². The van der Waals surface area contributed by atoms with Crippen molar-refractivity contribution >= 4 is 45.0 Å². The highest BCUT2D eigenvalue weighted by Crippen LogP contribution is 2.36. The summed E-state index contributed by atoms with van der Waals surface area (Å²) < 4.78 is 11.5. The van der Waals surface area contributed by atoms with E-state index in [2.05, 4.69) is 38.1 Å². The molecule has 0 spiro atoms. The Hall–Kier alpha value is -2.20. The zero-order chi connectivity index (χ0) is 17.8. The summed E-state index contributed by atoms with van der Waals surface area (Å²) >= 11 is 3.41. The van der Waals surface area contributed by atoms with Crippen molar-refractivity contribution in [2.45, 2.75) is 0 Å². The fourth-order valence-corrected chi connectivity index (χ4v) is 3.57. The van der Waals surface area contributed by atoms with Crippen molar-refractivity contribution in [3.8, 4) is 22.1 Å². The Morgan fingerprint density at radius 3 is 2.64 bits per heavy atom. The Kier molecular flexibility index (Phi) is 5.49. The van der Waals surface area contributed by atoms with Crippen molar-refractivity contribution in [1.82, 2.24) is 10.2 Å². The van der Waals surface area contributed by atoms with Crippen LogP contribution >= 0.6 is 33.9 Å². The molecule has 25 heavy (non-hydrogen) atoms. The maximum Gasteiger partial charge on any atom is 0.258 e. The molecule has 3 rings (SSSR count). The van der Waals surface area contributed by atoms with Gasteiger partial charge in [0.25, 0.3) is 5.91 Å². The van der Waals surface area contributed by atoms with Crippen LogP contribution in [0.5, 0.6) is 11.5 Å². The SMILES string of the molecule is COc1ccc(-c2nnc(NC(=O)c3ccccc3I)s2)c(OC)c1. The first kappa shape index (κ1) is 17.6. The Bertz CT molecular complexity index is 914. The van der Waals surface area contributed by atoms with E-state index in [1.807, 2.05) is 30.3 Å². The van der Waals surface area contributed by atoms with Crippen LogP contribution in [-0.2, 0) is 0 Å². The summed E-state index contributed by atoms with van der Waals surface area (Å²) in [7, 11) is 3.18. The van der Waals surface area contributed by atoms with Gasteiger partial charge in [-0.05, 0) is 46.9 Å². The lowest BCUT2D eigenvalue weighted by molar-refractivity contribution is 0.102. The summed E-state index contributed by atoms with van der Waals surface area (Å²) in [5.74, 6) is 1.11. The van der Waals surface area contributed by atoms with Crippen LogP contribution in [-0.4, -0.2) is 30.3 Å². The van der Waals surface area contributed by atoms with E-state index in [1.54, 1.807) is 26.4 Å². The van der Waals surface area contributed by atoms with E-state index in [-0.39, 0.29) is 5.91 Å². The third-order valence-corrected chi connectivity index (χ3v) is 5.22. The second-order valence-electron chi connectivity index (χ2n) is 4.91. The van der Waals surface area contributed by atoms with Gasteiger partial charge in [0.1, 0.15) is 11.5 Å². The van der Waals surface area contributed by atoms with Gasteiger partial charge in [-0.1, -0.05) is 23.5 Å². The van der Waals surface area contributed by atoms with E-state index in [1.165, 1.54) is 11.3 Å². The van der Waals surface area contributed by atoms with Gasteiger partial charge in [-0.2, -0.15) is 0 Å². The monoisotopic (exact) mass is 467 g/mol. The van der Waals surface area contributed by atoms with Crippen molar-refractivity contribution in [3.63, 3.8) is 0 Å². The summed E-state index contributed by atoms with van der Waals surface area (Å²) in [6.07, 6.45) is 0. The van der Waals surface area contributed by atoms with Crippen LogP contribution in [0.1, 0.15) is 10.4 Å². The quantitative estimate of drug-likeness (QED) is 0.573. The molecular weight excluding hydrogens is 453 g/mol. The van der Waals surface area contributed by atoms with E-state index >= 15 is 0 Å². The van der Waals surface area contributed by atoms with Crippen LogP contribution in [0, 0.1) is 3.57 Å². The molecule has 0 radical (unpaired) electrons. The lowest BCUT2D eigenvalue weighted by Crippen LogP contribution is -2.13. The maximum atomic E-state index is 12.4. The highest BCUT2D eigenvalue weighted by molar-refractivity contribution is 14.1.